The first-order valence-corrected chi connectivity index (χ1v) is 7.37. The summed E-state index contributed by atoms with van der Waals surface area (Å²) in [5, 5.41) is 8.09. The average molecular weight is 322 g/mol. The SMILES string of the molecule is COc1ccc(-c2nnc(/C=C/c3ccc4c(c3)OCO4)o2)cc1. The van der Waals surface area contributed by atoms with Crippen LogP contribution in [0.5, 0.6) is 17.2 Å². The van der Waals surface area contributed by atoms with Crippen LogP contribution in [0.15, 0.2) is 46.9 Å². The lowest BCUT2D eigenvalue weighted by molar-refractivity contribution is 0.174. The highest BCUT2D eigenvalue weighted by Crippen LogP contribution is 2.33. The van der Waals surface area contributed by atoms with Gasteiger partial charge in [-0.05, 0) is 48.0 Å². The summed E-state index contributed by atoms with van der Waals surface area (Å²) in [7, 11) is 1.63. The molecule has 0 N–H and O–H groups in total. The minimum atomic E-state index is 0.261. The van der Waals surface area contributed by atoms with Crippen molar-refractivity contribution in [1.82, 2.24) is 10.2 Å². The molecule has 1 aliphatic heterocycles. The van der Waals surface area contributed by atoms with E-state index in [2.05, 4.69) is 10.2 Å². The molecule has 0 radical (unpaired) electrons. The molecule has 3 aromatic rings. The van der Waals surface area contributed by atoms with E-state index in [1.54, 1.807) is 13.2 Å². The van der Waals surface area contributed by atoms with E-state index in [4.69, 9.17) is 18.6 Å². The molecule has 0 amide bonds. The molecule has 0 unspecified atom stereocenters. The van der Waals surface area contributed by atoms with Crippen molar-refractivity contribution in [2.75, 3.05) is 13.9 Å². The maximum atomic E-state index is 5.65. The van der Waals surface area contributed by atoms with Gasteiger partial charge in [0.25, 0.3) is 0 Å². The van der Waals surface area contributed by atoms with Crippen molar-refractivity contribution in [1.29, 1.82) is 0 Å². The van der Waals surface area contributed by atoms with Crippen molar-refractivity contribution < 1.29 is 18.6 Å². The normalized spacial score (nSPS) is 12.7. The summed E-state index contributed by atoms with van der Waals surface area (Å²) in [6, 6.07) is 13.2. The molecule has 0 saturated carbocycles. The third-order valence-corrected chi connectivity index (χ3v) is 3.59. The van der Waals surface area contributed by atoms with Gasteiger partial charge in [-0.2, -0.15) is 0 Å². The Balaban J connectivity index is 1.52. The van der Waals surface area contributed by atoms with Crippen molar-refractivity contribution in [2.24, 2.45) is 0 Å². The second-order valence-electron chi connectivity index (χ2n) is 5.12. The van der Waals surface area contributed by atoms with Crippen LogP contribution < -0.4 is 14.2 Å². The van der Waals surface area contributed by atoms with E-state index in [9.17, 15) is 0 Å². The van der Waals surface area contributed by atoms with E-state index >= 15 is 0 Å². The number of hydrogen-bond acceptors (Lipinski definition) is 6. The standard InChI is InChI=1S/C18H14N2O4/c1-21-14-6-4-13(5-7-14)18-20-19-17(24-18)9-3-12-2-8-15-16(10-12)23-11-22-15/h2-10H,11H2,1H3/b9-3+. The summed E-state index contributed by atoms with van der Waals surface area (Å²) >= 11 is 0. The molecule has 2 heterocycles. The lowest BCUT2D eigenvalue weighted by Gasteiger charge is -1.99. The van der Waals surface area contributed by atoms with E-state index in [0.29, 0.717) is 11.8 Å². The Morgan fingerprint density at radius 3 is 2.62 bits per heavy atom. The highest BCUT2D eigenvalue weighted by molar-refractivity contribution is 5.68. The Morgan fingerprint density at radius 1 is 0.958 bits per heavy atom. The summed E-state index contributed by atoms with van der Waals surface area (Å²) in [5.74, 6) is 3.16. The van der Waals surface area contributed by atoms with Crippen LogP contribution in [0.2, 0.25) is 0 Å². The van der Waals surface area contributed by atoms with Crippen LogP contribution in [0.25, 0.3) is 23.6 Å². The zero-order valence-corrected chi connectivity index (χ0v) is 12.9. The van der Waals surface area contributed by atoms with Gasteiger partial charge >= 0.3 is 0 Å². The Kier molecular flexibility index (Phi) is 3.63. The lowest BCUT2D eigenvalue weighted by Crippen LogP contribution is -1.92. The topological polar surface area (TPSA) is 66.6 Å². The van der Waals surface area contributed by atoms with Crippen LogP contribution in [0, 0.1) is 0 Å². The zero-order chi connectivity index (χ0) is 16.4. The quantitative estimate of drug-likeness (QED) is 0.730. The maximum absolute atomic E-state index is 5.65. The fourth-order valence-corrected chi connectivity index (χ4v) is 2.34. The zero-order valence-electron chi connectivity index (χ0n) is 12.9. The Bertz CT molecular complexity index is 884. The average Bonchev–Trinajstić information content (AvgIpc) is 3.29. The molecule has 24 heavy (non-hydrogen) atoms. The number of methoxy groups -OCH3 is 1. The van der Waals surface area contributed by atoms with Crippen molar-refractivity contribution in [3.63, 3.8) is 0 Å². The van der Waals surface area contributed by atoms with Gasteiger partial charge in [0.05, 0.1) is 7.11 Å². The van der Waals surface area contributed by atoms with Gasteiger partial charge in [0.1, 0.15) is 5.75 Å². The first kappa shape index (κ1) is 14.3. The second-order valence-corrected chi connectivity index (χ2v) is 5.12. The smallest absolute Gasteiger partial charge is 0.248 e. The summed E-state index contributed by atoms with van der Waals surface area (Å²) in [6.07, 6.45) is 3.64. The molecular weight excluding hydrogens is 308 g/mol. The van der Waals surface area contributed by atoms with E-state index in [1.807, 2.05) is 48.5 Å². The minimum Gasteiger partial charge on any atom is -0.497 e. The molecule has 1 aromatic heterocycles. The summed E-state index contributed by atoms with van der Waals surface area (Å²) in [6.45, 7) is 0.261. The molecule has 2 aromatic carbocycles. The van der Waals surface area contributed by atoms with Gasteiger partial charge in [-0.15, -0.1) is 10.2 Å². The van der Waals surface area contributed by atoms with Crippen LogP contribution in [-0.4, -0.2) is 24.1 Å². The second kappa shape index (κ2) is 6.08. The third kappa shape index (κ3) is 2.81. The number of hydrogen-bond donors (Lipinski definition) is 0. The summed E-state index contributed by atoms with van der Waals surface area (Å²) in [4.78, 5) is 0. The van der Waals surface area contributed by atoms with Crippen molar-refractivity contribution in [3.05, 3.63) is 53.9 Å². The van der Waals surface area contributed by atoms with Crippen LogP contribution in [0.4, 0.5) is 0 Å². The van der Waals surface area contributed by atoms with E-state index in [1.165, 1.54) is 0 Å². The summed E-state index contributed by atoms with van der Waals surface area (Å²) in [5.41, 5.74) is 1.80. The first-order valence-electron chi connectivity index (χ1n) is 7.37. The molecule has 0 aliphatic carbocycles. The molecule has 0 saturated heterocycles. The Morgan fingerprint density at radius 2 is 1.79 bits per heavy atom. The van der Waals surface area contributed by atoms with Gasteiger partial charge < -0.3 is 18.6 Å². The van der Waals surface area contributed by atoms with Crippen LogP contribution in [0.3, 0.4) is 0 Å². The third-order valence-electron chi connectivity index (χ3n) is 3.59. The van der Waals surface area contributed by atoms with Gasteiger partial charge in [0.15, 0.2) is 11.5 Å². The van der Waals surface area contributed by atoms with Gasteiger partial charge in [-0.1, -0.05) is 6.07 Å². The van der Waals surface area contributed by atoms with Gasteiger partial charge in [-0.3, -0.25) is 0 Å². The molecule has 0 atom stereocenters. The fourth-order valence-electron chi connectivity index (χ4n) is 2.34. The number of ether oxygens (including phenoxy) is 3. The van der Waals surface area contributed by atoms with Gasteiger partial charge in [0, 0.05) is 11.6 Å². The number of fused-ring (bicyclic) bond motifs is 1. The van der Waals surface area contributed by atoms with Crippen LogP contribution in [-0.2, 0) is 0 Å². The van der Waals surface area contributed by atoms with E-state index in [-0.39, 0.29) is 6.79 Å². The summed E-state index contributed by atoms with van der Waals surface area (Å²) < 4.78 is 21.4. The maximum Gasteiger partial charge on any atom is 0.248 e. The van der Waals surface area contributed by atoms with Gasteiger partial charge in [-0.25, -0.2) is 0 Å². The Hall–Kier alpha value is -3.28. The lowest BCUT2D eigenvalue weighted by atomic mass is 10.2. The van der Waals surface area contributed by atoms with Crippen LogP contribution in [0.1, 0.15) is 11.5 Å². The predicted molar refractivity (Wildman–Crippen MR) is 87.8 cm³/mol. The molecule has 4 rings (SSSR count). The Labute approximate surface area is 138 Å². The largest absolute Gasteiger partial charge is 0.497 e. The molecule has 120 valence electrons. The van der Waals surface area contributed by atoms with Crippen molar-refractivity contribution in [2.45, 2.75) is 0 Å². The van der Waals surface area contributed by atoms with E-state index < -0.39 is 0 Å². The molecule has 6 nitrogen and oxygen atoms in total. The minimum absolute atomic E-state index is 0.261. The fraction of sp³-hybridized carbons (Fsp3) is 0.111. The first-order chi connectivity index (χ1) is 11.8. The molecule has 6 heteroatoms. The number of benzene rings is 2. The molecule has 0 fully saturated rings. The van der Waals surface area contributed by atoms with Crippen molar-refractivity contribution in [3.8, 4) is 28.7 Å². The molecule has 0 spiro atoms. The van der Waals surface area contributed by atoms with Crippen LogP contribution >= 0.6 is 0 Å². The number of nitrogens with zero attached hydrogens (tertiary/aromatic N) is 2. The monoisotopic (exact) mass is 322 g/mol. The molecule has 0 bridgehead atoms. The van der Waals surface area contributed by atoms with Crippen molar-refractivity contribution >= 4 is 12.2 Å². The number of aromatic nitrogens is 2. The molecule has 1 aliphatic rings. The predicted octanol–water partition coefficient (Wildman–Crippen LogP) is 3.64. The highest BCUT2D eigenvalue weighted by atomic mass is 16.7. The molecular formula is C18H14N2O4. The van der Waals surface area contributed by atoms with E-state index in [0.717, 1.165) is 28.4 Å². The highest BCUT2D eigenvalue weighted by Gasteiger charge is 2.12. The number of rotatable bonds is 4. The van der Waals surface area contributed by atoms with Gasteiger partial charge in [0.2, 0.25) is 18.6 Å².